The molecule has 0 heterocycles. The molecular formula is C69H48Pd3-12. The van der Waals surface area contributed by atoms with Crippen molar-refractivity contribution in [1.82, 2.24) is 0 Å². The van der Waals surface area contributed by atoms with Gasteiger partial charge in [0.2, 0.25) is 0 Å². The van der Waals surface area contributed by atoms with E-state index < -0.39 is 0 Å². The molecule has 0 amide bonds. The number of rotatable bonds is 12. The predicted molar refractivity (Wildman–Crippen MR) is 281 cm³/mol. The summed E-state index contributed by atoms with van der Waals surface area (Å²) in [5.41, 5.74) is 17.8. The minimum atomic E-state index is 0. The van der Waals surface area contributed by atoms with Crippen molar-refractivity contribution in [3.8, 4) is 11.1 Å². The Morgan fingerprint density at radius 2 is 0.750 bits per heavy atom. The van der Waals surface area contributed by atoms with Crippen molar-refractivity contribution in [3.05, 3.63) is 340 Å². The van der Waals surface area contributed by atoms with Crippen molar-refractivity contribution in [2.75, 3.05) is 0 Å². The van der Waals surface area contributed by atoms with Crippen LogP contribution in [-0.4, -0.2) is 0 Å². The summed E-state index contributed by atoms with van der Waals surface area (Å²) in [6, 6.07) is 67.7. The van der Waals surface area contributed by atoms with Crippen LogP contribution in [-0.2, 0) is 80.5 Å². The van der Waals surface area contributed by atoms with Crippen molar-refractivity contribution in [1.29, 1.82) is 0 Å². The van der Waals surface area contributed by atoms with Crippen LogP contribution in [0.15, 0.2) is 212 Å². The quantitative estimate of drug-likeness (QED) is 0.0845. The van der Waals surface area contributed by atoms with Gasteiger partial charge in [-0.1, -0.05) is 17.8 Å². The standard InChI is InChI=1S/3C23H16.3Pd/c3*1-2-10-20(9-1)22-13-5-7-18(16-22)15-19-8-6-14-23(17-19)21-11-3-4-12-21;;;/h2*1-9,13-14,20H,11,15H2;1-11,13-14,21H,15H2;;;/q3*-4;;;. The second-order valence-corrected chi connectivity index (χ2v) is 17.4. The fourth-order valence-electron chi connectivity index (χ4n) is 8.90. The molecule has 0 radical (unpaired) electrons. The maximum Gasteiger partial charge on any atom is 0 e. The topological polar surface area (TPSA) is 0 Å². The van der Waals surface area contributed by atoms with Crippen molar-refractivity contribution >= 4 is 11.1 Å². The summed E-state index contributed by atoms with van der Waals surface area (Å²) in [6.07, 6.45) is 47.7. The van der Waals surface area contributed by atoms with Gasteiger partial charge in [0.25, 0.3) is 0 Å². The third-order valence-corrected chi connectivity index (χ3v) is 12.4. The fraction of sp³-hybridized carbons (Fsp3) is 0.116. The van der Waals surface area contributed by atoms with Crippen molar-refractivity contribution < 1.29 is 61.3 Å². The van der Waals surface area contributed by atoms with E-state index in [2.05, 4.69) is 231 Å². The van der Waals surface area contributed by atoms with E-state index in [-0.39, 0.29) is 79.0 Å². The molecule has 7 aromatic rings. The molecule has 0 saturated carbocycles. The Labute approximate surface area is 469 Å². The van der Waals surface area contributed by atoms with E-state index in [1.165, 1.54) is 66.8 Å². The Morgan fingerprint density at radius 3 is 1.08 bits per heavy atom. The van der Waals surface area contributed by atoms with E-state index in [0.717, 1.165) is 48.8 Å². The first-order chi connectivity index (χ1) is 34.1. The van der Waals surface area contributed by atoms with Crippen LogP contribution in [0.3, 0.4) is 0 Å². The van der Waals surface area contributed by atoms with Gasteiger partial charge in [0.1, 0.15) is 0 Å². The average Bonchev–Trinajstić information content (AvgIpc) is 4.26. The minimum Gasteiger partial charge on any atom is -0.267 e. The molecule has 0 saturated heterocycles. The molecule has 0 aliphatic heterocycles. The van der Waals surface area contributed by atoms with Crippen LogP contribution in [0.4, 0.5) is 0 Å². The molecule has 0 N–H and O–H groups in total. The molecule has 3 atom stereocenters. The van der Waals surface area contributed by atoms with Crippen LogP contribution in [0.1, 0.15) is 91.8 Å². The van der Waals surface area contributed by atoms with Gasteiger partial charge in [-0.05, 0) is 19.3 Å². The number of hydrogen-bond acceptors (Lipinski definition) is 0. The van der Waals surface area contributed by atoms with Gasteiger partial charge in [-0.25, -0.2) is 100 Å². The maximum absolute atomic E-state index is 3.54. The summed E-state index contributed by atoms with van der Waals surface area (Å²) >= 11 is 0. The van der Waals surface area contributed by atoms with Crippen LogP contribution >= 0.6 is 0 Å². The summed E-state index contributed by atoms with van der Waals surface area (Å²) in [5.74, 6) is 0.735. The van der Waals surface area contributed by atoms with E-state index in [4.69, 9.17) is 0 Å². The molecule has 3 heteroatoms. The normalized spacial score (nSPS) is 17.0. The van der Waals surface area contributed by atoms with Crippen LogP contribution in [0.25, 0.3) is 22.3 Å². The Balaban J connectivity index is 0.000000155. The largest absolute Gasteiger partial charge is 0.267 e. The van der Waals surface area contributed by atoms with Gasteiger partial charge in [-0.3, -0.25) is 18.2 Å². The number of hydrogen-bond donors (Lipinski definition) is 0. The third-order valence-electron chi connectivity index (χ3n) is 12.4. The first-order valence-corrected chi connectivity index (χ1v) is 23.8. The van der Waals surface area contributed by atoms with Gasteiger partial charge < -0.3 is 0 Å². The van der Waals surface area contributed by atoms with E-state index >= 15 is 0 Å². The monoisotopic (exact) mass is 1190 g/mol. The number of allylic oxidation sites excluding steroid dienone is 20. The summed E-state index contributed by atoms with van der Waals surface area (Å²) in [5, 5.41) is 0. The van der Waals surface area contributed by atoms with Crippen molar-refractivity contribution in [2.45, 2.75) is 49.9 Å². The fourth-order valence-corrected chi connectivity index (χ4v) is 8.90. The van der Waals surface area contributed by atoms with Crippen LogP contribution in [0.5, 0.6) is 0 Å². The molecule has 5 aliphatic rings. The molecular weight excluding hydrogens is 1150 g/mol. The molecule has 0 spiro atoms. The Kier molecular flexibility index (Phi) is 20.3. The third kappa shape index (κ3) is 14.6. The zero-order valence-corrected chi connectivity index (χ0v) is 44.1. The molecule has 0 nitrogen and oxygen atoms in total. The van der Waals surface area contributed by atoms with Gasteiger partial charge in [0.15, 0.2) is 0 Å². The average molecular weight is 1200 g/mol. The smallest absolute Gasteiger partial charge is 0 e. The molecule has 0 fully saturated rings. The Hall–Kier alpha value is -5.94. The summed E-state index contributed by atoms with van der Waals surface area (Å²) in [6.45, 7) is 0. The van der Waals surface area contributed by atoms with Gasteiger partial charge in [0, 0.05) is 61.3 Å². The summed E-state index contributed by atoms with van der Waals surface area (Å²) in [4.78, 5) is 0. The first kappa shape index (κ1) is 53.8. The molecule has 12 rings (SSSR count). The van der Waals surface area contributed by atoms with Crippen LogP contribution < -0.4 is 0 Å². The first-order valence-electron chi connectivity index (χ1n) is 23.8. The maximum atomic E-state index is 3.54. The SMILES string of the molecule is [C-]1=CC=CC1c1[c-]c(Cc2[c-]c(-c3ccc[cH-]3)ccc2)ccc1.[C-]1=CC=CC1c1[c-]c(Cc2[c-]c(C3=[C-]C=CC3)ccc2)ccc1.[C-]1=CC=CC1c1[c-]c(Cc2[c-]c(C3=[C-]C=CC3)ccc2)ccc1.[Pd].[Pd].[Pd]. The van der Waals surface area contributed by atoms with Gasteiger partial charge >= 0.3 is 0 Å². The van der Waals surface area contributed by atoms with Gasteiger partial charge in [0.05, 0.1) is 0 Å². The summed E-state index contributed by atoms with van der Waals surface area (Å²) in [7, 11) is 0. The zero-order valence-electron chi connectivity index (χ0n) is 39.4. The minimum absolute atomic E-state index is 0. The molecule has 7 aromatic carbocycles. The molecule has 72 heavy (non-hydrogen) atoms. The second-order valence-electron chi connectivity index (χ2n) is 17.4. The zero-order chi connectivity index (χ0) is 46.5. The van der Waals surface area contributed by atoms with Crippen LogP contribution in [0.2, 0.25) is 0 Å². The molecule has 3 unspecified atom stereocenters. The molecule has 0 bridgehead atoms. The van der Waals surface area contributed by atoms with E-state index in [0.29, 0.717) is 0 Å². The van der Waals surface area contributed by atoms with Gasteiger partial charge in [-0.2, -0.15) is 209 Å². The van der Waals surface area contributed by atoms with Crippen molar-refractivity contribution in [3.63, 3.8) is 0 Å². The predicted octanol–water partition coefficient (Wildman–Crippen LogP) is 15.3. The molecule has 366 valence electrons. The second kappa shape index (κ2) is 27.2. The molecule has 5 aliphatic carbocycles. The van der Waals surface area contributed by atoms with E-state index in [1.54, 1.807) is 0 Å². The van der Waals surface area contributed by atoms with Crippen LogP contribution in [0, 0.1) is 66.8 Å². The molecule has 0 aromatic heterocycles. The Bertz CT molecular complexity index is 3030. The number of benzene rings is 6. The summed E-state index contributed by atoms with van der Waals surface area (Å²) < 4.78 is 0. The Morgan fingerprint density at radius 1 is 0.389 bits per heavy atom. The van der Waals surface area contributed by atoms with E-state index in [1.807, 2.05) is 48.6 Å². The van der Waals surface area contributed by atoms with Crippen molar-refractivity contribution in [2.24, 2.45) is 0 Å². The van der Waals surface area contributed by atoms with Gasteiger partial charge in [-0.15, -0.1) is 47.7 Å². The van der Waals surface area contributed by atoms with E-state index in [9.17, 15) is 0 Å².